The largest absolute Gasteiger partial charge is 0.408 e. The van der Waals surface area contributed by atoms with Crippen molar-refractivity contribution >= 4 is 11.7 Å². The molecule has 2 aromatic rings. The molecule has 31 heavy (non-hydrogen) atoms. The third-order valence-electron chi connectivity index (χ3n) is 6.32. The first-order chi connectivity index (χ1) is 15.1. The SMILES string of the molecule is CC\C=C/C=C(C)\C(C)=C\C(=N)C1c2nc[nH]c2CCN1c1nnc(CC2CCC2)o1. The second-order valence-electron chi connectivity index (χ2n) is 8.56. The first kappa shape index (κ1) is 21.3. The van der Waals surface area contributed by atoms with Crippen LogP contribution in [0.25, 0.3) is 0 Å². The number of hydrogen-bond donors (Lipinski definition) is 2. The molecule has 2 aliphatic rings. The molecule has 0 bridgehead atoms. The molecule has 1 atom stereocenters. The number of imidazole rings is 1. The van der Waals surface area contributed by atoms with Crippen molar-refractivity contribution < 1.29 is 4.42 Å². The predicted octanol–water partition coefficient (Wildman–Crippen LogP) is 5.12. The van der Waals surface area contributed by atoms with E-state index in [-0.39, 0.29) is 6.04 Å². The number of anilines is 1. The molecule has 4 rings (SSSR count). The van der Waals surface area contributed by atoms with Crippen LogP contribution in [-0.4, -0.2) is 32.4 Å². The smallest absolute Gasteiger partial charge is 0.319 e. The molecule has 0 saturated heterocycles. The lowest BCUT2D eigenvalue weighted by Gasteiger charge is -2.33. The van der Waals surface area contributed by atoms with Gasteiger partial charge in [-0.25, -0.2) is 4.98 Å². The van der Waals surface area contributed by atoms with Gasteiger partial charge in [0.15, 0.2) is 0 Å². The summed E-state index contributed by atoms with van der Waals surface area (Å²) in [4.78, 5) is 9.80. The van der Waals surface area contributed by atoms with Crippen LogP contribution in [0.4, 0.5) is 6.01 Å². The van der Waals surface area contributed by atoms with Crippen molar-refractivity contribution in [1.82, 2.24) is 20.2 Å². The van der Waals surface area contributed by atoms with Gasteiger partial charge < -0.3 is 19.7 Å². The molecule has 0 radical (unpaired) electrons. The maximum atomic E-state index is 8.92. The van der Waals surface area contributed by atoms with E-state index in [4.69, 9.17) is 9.83 Å². The summed E-state index contributed by atoms with van der Waals surface area (Å²) in [5.41, 5.74) is 4.61. The van der Waals surface area contributed by atoms with E-state index >= 15 is 0 Å². The minimum atomic E-state index is -0.346. The Labute approximate surface area is 183 Å². The number of aromatic nitrogens is 4. The van der Waals surface area contributed by atoms with E-state index in [0.29, 0.717) is 30.1 Å². The molecule has 2 aromatic heterocycles. The minimum Gasteiger partial charge on any atom is -0.408 e. The maximum Gasteiger partial charge on any atom is 0.319 e. The van der Waals surface area contributed by atoms with E-state index in [1.807, 2.05) is 17.9 Å². The fraction of sp³-hybridized carbons (Fsp3) is 0.500. The molecule has 2 N–H and O–H groups in total. The van der Waals surface area contributed by atoms with Crippen LogP contribution in [0.5, 0.6) is 0 Å². The Hall–Kier alpha value is -2.96. The van der Waals surface area contributed by atoms with E-state index in [9.17, 15) is 0 Å². The van der Waals surface area contributed by atoms with Gasteiger partial charge in [0.1, 0.15) is 6.04 Å². The molecule has 1 aliphatic carbocycles. The zero-order valence-corrected chi connectivity index (χ0v) is 18.7. The summed E-state index contributed by atoms with van der Waals surface area (Å²) in [6.07, 6.45) is 16.4. The van der Waals surface area contributed by atoms with Crippen LogP contribution in [0.3, 0.4) is 0 Å². The molecule has 0 spiro atoms. The molecule has 164 valence electrons. The molecule has 1 unspecified atom stereocenters. The van der Waals surface area contributed by atoms with E-state index in [1.165, 1.54) is 19.3 Å². The van der Waals surface area contributed by atoms with E-state index in [0.717, 1.165) is 41.8 Å². The van der Waals surface area contributed by atoms with E-state index in [2.05, 4.69) is 52.2 Å². The monoisotopic (exact) mass is 420 g/mol. The summed E-state index contributed by atoms with van der Waals surface area (Å²) in [6, 6.07) is 0.142. The number of nitrogens with one attached hydrogen (secondary N) is 2. The first-order valence-electron chi connectivity index (χ1n) is 11.3. The van der Waals surface area contributed by atoms with Crippen LogP contribution < -0.4 is 4.90 Å². The quantitative estimate of drug-likeness (QED) is 0.457. The van der Waals surface area contributed by atoms with Gasteiger partial charge in [-0.2, -0.15) is 0 Å². The lowest BCUT2D eigenvalue weighted by Crippen LogP contribution is -2.39. The third kappa shape index (κ3) is 4.70. The second kappa shape index (κ2) is 9.45. The Balaban J connectivity index is 1.59. The minimum absolute atomic E-state index is 0.346. The van der Waals surface area contributed by atoms with Gasteiger partial charge in [0.25, 0.3) is 0 Å². The topological polar surface area (TPSA) is 94.7 Å². The van der Waals surface area contributed by atoms with Crippen LogP contribution in [0.1, 0.15) is 69.8 Å². The Bertz CT molecular complexity index is 1010. The van der Waals surface area contributed by atoms with Gasteiger partial charge in [0.05, 0.1) is 17.7 Å². The van der Waals surface area contributed by atoms with Crippen LogP contribution >= 0.6 is 0 Å². The molecule has 1 aliphatic heterocycles. The molecule has 0 aromatic carbocycles. The van der Waals surface area contributed by atoms with Crippen molar-refractivity contribution in [3.63, 3.8) is 0 Å². The standard InChI is InChI=1S/C24H32N6O/c1-4-5-6-8-16(2)17(3)13-19(25)23-22-20(26-15-27-22)11-12-30(23)24-29-28-21(31-24)14-18-9-7-10-18/h5-6,8,13,15,18,23,25H,4,7,9-12,14H2,1-3H3,(H,26,27)/b6-5-,16-8-,17-13+,25-19?. The van der Waals surface area contributed by atoms with Crippen LogP contribution in [0.15, 0.2) is 46.2 Å². The number of aromatic amines is 1. The van der Waals surface area contributed by atoms with Crippen molar-refractivity contribution in [2.75, 3.05) is 11.4 Å². The normalized spacial score (nSPS) is 20.2. The Morgan fingerprint density at radius 3 is 2.87 bits per heavy atom. The highest BCUT2D eigenvalue weighted by Gasteiger charge is 2.35. The summed E-state index contributed by atoms with van der Waals surface area (Å²) in [5, 5.41) is 17.6. The van der Waals surface area contributed by atoms with Crippen molar-refractivity contribution in [1.29, 1.82) is 5.41 Å². The molecule has 7 heteroatoms. The highest BCUT2D eigenvalue weighted by Crippen LogP contribution is 2.34. The molecule has 0 amide bonds. The lowest BCUT2D eigenvalue weighted by molar-refractivity contribution is 0.290. The van der Waals surface area contributed by atoms with Gasteiger partial charge >= 0.3 is 6.01 Å². The Morgan fingerprint density at radius 1 is 1.29 bits per heavy atom. The second-order valence-corrected chi connectivity index (χ2v) is 8.56. The Morgan fingerprint density at radius 2 is 2.13 bits per heavy atom. The zero-order chi connectivity index (χ0) is 21.8. The zero-order valence-electron chi connectivity index (χ0n) is 18.7. The number of nitrogens with zero attached hydrogens (tertiary/aromatic N) is 4. The fourth-order valence-corrected chi connectivity index (χ4v) is 4.09. The summed E-state index contributed by atoms with van der Waals surface area (Å²) in [5.74, 6) is 1.37. The Kier molecular flexibility index (Phi) is 6.49. The first-order valence-corrected chi connectivity index (χ1v) is 11.3. The molecule has 1 fully saturated rings. The van der Waals surface area contributed by atoms with Crippen molar-refractivity contribution in [3.8, 4) is 0 Å². The average molecular weight is 421 g/mol. The summed E-state index contributed by atoms with van der Waals surface area (Å²) < 4.78 is 6.05. The van der Waals surface area contributed by atoms with Gasteiger partial charge in [-0.15, -0.1) is 5.10 Å². The number of H-pyrrole nitrogens is 1. The molecule has 7 nitrogen and oxygen atoms in total. The van der Waals surface area contributed by atoms with Gasteiger partial charge in [0.2, 0.25) is 5.89 Å². The molecular weight excluding hydrogens is 388 g/mol. The van der Waals surface area contributed by atoms with Crippen molar-refractivity contribution in [2.45, 2.75) is 65.3 Å². The highest BCUT2D eigenvalue weighted by atomic mass is 16.4. The fourth-order valence-electron chi connectivity index (χ4n) is 4.09. The van der Waals surface area contributed by atoms with E-state index in [1.54, 1.807) is 6.33 Å². The highest BCUT2D eigenvalue weighted by molar-refractivity contribution is 6.00. The van der Waals surface area contributed by atoms with Crippen molar-refractivity contribution in [2.24, 2.45) is 5.92 Å². The van der Waals surface area contributed by atoms with Gasteiger partial charge in [0, 0.05) is 25.1 Å². The maximum absolute atomic E-state index is 8.92. The summed E-state index contributed by atoms with van der Waals surface area (Å²) in [6.45, 7) is 6.94. The average Bonchev–Trinajstić information content (AvgIpc) is 3.39. The number of allylic oxidation sites excluding steroid dienone is 5. The lowest BCUT2D eigenvalue weighted by atomic mass is 9.83. The van der Waals surface area contributed by atoms with Gasteiger partial charge in [-0.3, -0.25) is 0 Å². The van der Waals surface area contributed by atoms with Crippen LogP contribution in [-0.2, 0) is 12.8 Å². The number of fused-ring (bicyclic) bond motifs is 1. The predicted molar refractivity (Wildman–Crippen MR) is 122 cm³/mol. The van der Waals surface area contributed by atoms with Crippen molar-refractivity contribution in [3.05, 3.63) is 59.1 Å². The summed E-state index contributed by atoms with van der Waals surface area (Å²) in [7, 11) is 0. The molecule has 1 saturated carbocycles. The van der Waals surface area contributed by atoms with Gasteiger partial charge in [-0.05, 0) is 56.3 Å². The third-order valence-corrected chi connectivity index (χ3v) is 6.32. The van der Waals surface area contributed by atoms with E-state index < -0.39 is 0 Å². The van der Waals surface area contributed by atoms with Crippen LogP contribution in [0, 0.1) is 11.3 Å². The summed E-state index contributed by atoms with van der Waals surface area (Å²) >= 11 is 0. The van der Waals surface area contributed by atoms with Crippen LogP contribution in [0.2, 0.25) is 0 Å². The molecular formula is C24H32N6O. The number of hydrogen-bond acceptors (Lipinski definition) is 6. The number of rotatable bonds is 8. The molecule has 3 heterocycles. The van der Waals surface area contributed by atoms with Gasteiger partial charge in [-0.1, -0.05) is 36.7 Å².